The third-order valence-electron chi connectivity index (χ3n) is 1.72. The van der Waals surface area contributed by atoms with Gasteiger partial charge in [0.1, 0.15) is 0 Å². The summed E-state index contributed by atoms with van der Waals surface area (Å²) in [7, 11) is 4.10. The van der Waals surface area contributed by atoms with E-state index in [1.165, 1.54) is 15.7 Å². The molecule has 0 amide bonds. The Kier molecular flexibility index (Phi) is 2.55. The lowest BCUT2D eigenvalue weighted by Crippen LogP contribution is -2.10. The summed E-state index contributed by atoms with van der Waals surface area (Å²) < 4.78 is 1.17. The topological polar surface area (TPSA) is 3.24 Å². The molecule has 0 aliphatic heterocycles. The van der Waals surface area contributed by atoms with Gasteiger partial charge in [-0.25, -0.2) is 0 Å². The van der Waals surface area contributed by atoms with Gasteiger partial charge in [-0.05, 0) is 24.6 Å². The molecule has 0 saturated heterocycles. The lowest BCUT2D eigenvalue weighted by Gasteiger charge is -2.15. The Bertz CT molecular complexity index is 256. The first-order valence-electron chi connectivity index (χ1n) is 3.55. The summed E-state index contributed by atoms with van der Waals surface area (Å²) in [6, 6.07) is 6.22. The Morgan fingerprint density at radius 1 is 1.27 bits per heavy atom. The molecule has 0 fully saturated rings. The molecule has 1 nitrogen and oxygen atoms in total. The standard InChI is InChI=1S/C9H12BrN/c1-7-8(10)5-4-6-9(7)11(2)3/h4-6H,1-3H3. The number of hydrogen-bond donors (Lipinski definition) is 0. The molecule has 0 saturated carbocycles. The third-order valence-corrected chi connectivity index (χ3v) is 2.58. The molecule has 0 heterocycles. The number of rotatable bonds is 1. The van der Waals surface area contributed by atoms with E-state index in [0.717, 1.165) is 0 Å². The number of hydrogen-bond acceptors (Lipinski definition) is 1. The first-order chi connectivity index (χ1) is 5.13. The van der Waals surface area contributed by atoms with Crippen LogP contribution in [0.25, 0.3) is 0 Å². The predicted molar refractivity (Wildman–Crippen MR) is 53.2 cm³/mol. The zero-order valence-electron chi connectivity index (χ0n) is 7.06. The van der Waals surface area contributed by atoms with Crippen LogP contribution in [0, 0.1) is 6.92 Å². The molecule has 0 atom stereocenters. The van der Waals surface area contributed by atoms with Gasteiger partial charge in [0.2, 0.25) is 0 Å². The Hall–Kier alpha value is -0.500. The fraction of sp³-hybridized carbons (Fsp3) is 0.333. The first kappa shape index (κ1) is 8.60. The lowest BCUT2D eigenvalue weighted by atomic mass is 10.2. The number of halogens is 1. The Morgan fingerprint density at radius 3 is 2.36 bits per heavy atom. The maximum Gasteiger partial charge on any atom is 0.0402 e. The minimum Gasteiger partial charge on any atom is -0.377 e. The van der Waals surface area contributed by atoms with Crippen LogP contribution in [0.2, 0.25) is 0 Å². The molecule has 0 spiro atoms. The molecule has 0 aliphatic rings. The van der Waals surface area contributed by atoms with Gasteiger partial charge < -0.3 is 4.90 Å². The minimum atomic E-state index is 1.17. The average molecular weight is 214 g/mol. The zero-order chi connectivity index (χ0) is 8.43. The largest absolute Gasteiger partial charge is 0.377 e. The van der Waals surface area contributed by atoms with Crippen molar-refractivity contribution in [2.45, 2.75) is 6.92 Å². The van der Waals surface area contributed by atoms with E-state index in [-0.39, 0.29) is 0 Å². The van der Waals surface area contributed by atoms with Crippen LogP contribution in [0.5, 0.6) is 0 Å². The lowest BCUT2D eigenvalue weighted by molar-refractivity contribution is 1.11. The molecule has 2 heteroatoms. The molecule has 0 unspecified atom stereocenters. The quantitative estimate of drug-likeness (QED) is 0.694. The second kappa shape index (κ2) is 3.26. The molecule has 1 aromatic rings. The van der Waals surface area contributed by atoms with Crippen LogP contribution in [0.4, 0.5) is 5.69 Å². The summed E-state index contributed by atoms with van der Waals surface area (Å²) in [5, 5.41) is 0. The molecule has 11 heavy (non-hydrogen) atoms. The van der Waals surface area contributed by atoms with Crippen molar-refractivity contribution >= 4 is 21.6 Å². The third kappa shape index (κ3) is 1.74. The maximum absolute atomic E-state index is 3.49. The van der Waals surface area contributed by atoms with Gasteiger partial charge in [-0.2, -0.15) is 0 Å². The van der Waals surface area contributed by atoms with Crippen molar-refractivity contribution in [3.05, 3.63) is 28.2 Å². The summed E-state index contributed by atoms with van der Waals surface area (Å²) >= 11 is 3.49. The van der Waals surface area contributed by atoms with E-state index in [9.17, 15) is 0 Å². The van der Waals surface area contributed by atoms with Crippen molar-refractivity contribution in [1.29, 1.82) is 0 Å². The Balaban J connectivity index is 3.17. The summed E-state index contributed by atoms with van der Waals surface area (Å²) in [6.45, 7) is 2.11. The van der Waals surface area contributed by atoms with Gasteiger partial charge in [0.05, 0.1) is 0 Å². The van der Waals surface area contributed by atoms with Crippen molar-refractivity contribution in [2.24, 2.45) is 0 Å². The van der Waals surface area contributed by atoms with Crippen molar-refractivity contribution < 1.29 is 0 Å². The SMILES string of the molecule is Cc1c(Br)cccc1N(C)C. The molecule has 1 rings (SSSR count). The fourth-order valence-corrected chi connectivity index (χ4v) is 1.44. The van der Waals surface area contributed by atoms with Crippen molar-refractivity contribution in [3.63, 3.8) is 0 Å². The first-order valence-corrected chi connectivity index (χ1v) is 4.34. The molecular weight excluding hydrogens is 202 g/mol. The molecule has 0 bridgehead atoms. The van der Waals surface area contributed by atoms with Crippen LogP contribution in [0.15, 0.2) is 22.7 Å². The molecule has 1 aromatic carbocycles. The second-order valence-electron chi connectivity index (χ2n) is 2.78. The van der Waals surface area contributed by atoms with Gasteiger partial charge >= 0.3 is 0 Å². The highest BCUT2D eigenvalue weighted by molar-refractivity contribution is 9.10. The van der Waals surface area contributed by atoms with E-state index < -0.39 is 0 Å². The smallest absolute Gasteiger partial charge is 0.0402 e. The highest BCUT2D eigenvalue weighted by atomic mass is 79.9. The zero-order valence-corrected chi connectivity index (χ0v) is 8.64. The van der Waals surface area contributed by atoms with Gasteiger partial charge in [-0.3, -0.25) is 0 Å². The van der Waals surface area contributed by atoms with Crippen LogP contribution in [0.1, 0.15) is 5.56 Å². The van der Waals surface area contributed by atoms with Crippen molar-refractivity contribution in [3.8, 4) is 0 Å². The molecule has 0 aliphatic carbocycles. The van der Waals surface area contributed by atoms with Crippen LogP contribution in [-0.2, 0) is 0 Å². The summed E-state index contributed by atoms with van der Waals surface area (Å²) in [5.41, 5.74) is 2.55. The van der Waals surface area contributed by atoms with E-state index in [1.54, 1.807) is 0 Å². The highest BCUT2D eigenvalue weighted by Gasteiger charge is 2.01. The minimum absolute atomic E-state index is 1.17. The molecule has 0 radical (unpaired) electrons. The molecular formula is C9H12BrN. The van der Waals surface area contributed by atoms with Gasteiger partial charge in [0, 0.05) is 24.3 Å². The summed E-state index contributed by atoms with van der Waals surface area (Å²) in [5.74, 6) is 0. The monoisotopic (exact) mass is 213 g/mol. The van der Waals surface area contributed by atoms with Gasteiger partial charge in [-0.1, -0.05) is 22.0 Å². The summed E-state index contributed by atoms with van der Waals surface area (Å²) in [6.07, 6.45) is 0. The summed E-state index contributed by atoms with van der Waals surface area (Å²) in [4.78, 5) is 2.11. The highest BCUT2D eigenvalue weighted by Crippen LogP contribution is 2.24. The van der Waals surface area contributed by atoms with E-state index >= 15 is 0 Å². The second-order valence-corrected chi connectivity index (χ2v) is 3.63. The van der Waals surface area contributed by atoms with E-state index in [1.807, 2.05) is 6.07 Å². The van der Waals surface area contributed by atoms with Crippen LogP contribution >= 0.6 is 15.9 Å². The van der Waals surface area contributed by atoms with Crippen LogP contribution in [0.3, 0.4) is 0 Å². The van der Waals surface area contributed by atoms with Gasteiger partial charge in [0.15, 0.2) is 0 Å². The number of anilines is 1. The number of benzene rings is 1. The molecule has 0 aromatic heterocycles. The Labute approximate surface area is 76.2 Å². The molecule has 0 N–H and O–H groups in total. The van der Waals surface area contributed by atoms with Gasteiger partial charge in [0.25, 0.3) is 0 Å². The Morgan fingerprint density at radius 2 is 1.91 bits per heavy atom. The predicted octanol–water partition coefficient (Wildman–Crippen LogP) is 2.82. The normalized spacial score (nSPS) is 9.82. The van der Waals surface area contributed by atoms with Gasteiger partial charge in [-0.15, -0.1) is 0 Å². The van der Waals surface area contributed by atoms with E-state index in [4.69, 9.17) is 0 Å². The van der Waals surface area contributed by atoms with Crippen LogP contribution < -0.4 is 4.90 Å². The van der Waals surface area contributed by atoms with Crippen LogP contribution in [-0.4, -0.2) is 14.1 Å². The van der Waals surface area contributed by atoms with Crippen molar-refractivity contribution in [1.82, 2.24) is 0 Å². The van der Waals surface area contributed by atoms with E-state index in [0.29, 0.717) is 0 Å². The number of nitrogens with zero attached hydrogens (tertiary/aromatic N) is 1. The average Bonchev–Trinajstić information content (AvgIpc) is 1.94. The van der Waals surface area contributed by atoms with Crippen molar-refractivity contribution in [2.75, 3.05) is 19.0 Å². The fourth-order valence-electron chi connectivity index (χ4n) is 1.08. The maximum atomic E-state index is 3.49. The van der Waals surface area contributed by atoms with E-state index in [2.05, 4.69) is 54.0 Å². The molecule has 60 valence electrons.